The summed E-state index contributed by atoms with van der Waals surface area (Å²) in [6, 6.07) is 3.47. The van der Waals surface area contributed by atoms with Gasteiger partial charge in [0.05, 0.1) is 42.7 Å². The number of halogens is 4. The van der Waals surface area contributed by atoms with E-state index in [4.69, 9.17) is 21.1 Å². The zero-order valence-electron chi connectivity index (χ0n) is 18.6. The van der Waals surface area contributed by atoms with E-state index in [-0.39, 0.29) is 29.0 Å². The SMILES string of the molecule is CCOC(=O)c1cnn(-c2nc(OC)c3c(cnn3[C@@H](C)c3ccc(OC(F)(F)F)c(Cl)c3)n2)c1. The van der Waals surface area contributed by atoms with E-state index in [1.54, 1.807) is 18.5 Å². The summed E-state index contributed by atoms with van der Waals surface area (Å²) in [5.74, 6) is -0.731. The number of benzene rings is 1. The number of hydrogen-bond acceptors (Lipinski definition) is 8. The molecule has 4 rings (SSSR count). The van der Waals surface area contributed by atoms with Crippen LogP contribution >= 0.6 is 11.6 Å². The number of alkyl halides is 3. The van der Waals surface area contributed by atoms with Crippen LogP contribution in [-0.2, 0) is 4.74 Å². The quantitative estimate of drug-likeness (QED) is 0.338. The maximum absolute atomic E-state index is 12.5. The molecule has 0 N–H and O–H groups in total. The van der Waals surface area contributed by atoms with E-state index in [9.17, 15) is 18.0 Å². The average Bonchev–Trinajstić information content (AvgIpc) is 3.46. The summed E-state index contributed by atoms with van der Waals surface area (Å²) in [6.07, 6.45) is -0.612. The lowest BCUT2D eigenvalue weighted by atomic mass is 10.1. The van der Waals surface area contributed by atoms with E-state index < -0.39 is 24.1 Å². The van der Waals surface area contributed by atoms with Gasteiger partial charge < -0.3 is 14.2 Å². The third-order valence-corrected chi connectivity index (χ3v) is 5.22. The molecule has 0 amide bonds. The third kappa shape index (κ3) is 4.99. The second kappa shape index (κ2) is 9.41. The molecule has 0 saturated heterocycles. The fourth-order valence-electron chi connectivity index (χ4n) is 3.34. The zero-order valence-corrected chi connectivity index (χ0v) is 19.3. The van der Waals surface area contributed by atoms with Crippen molar-refractivity contribution in [1.29, 1.82) is 0 Å². The molecule has 0 bridgehead atoms. The molecule has 3 aromatic heterocycles. The van der Waals surface area contributed by atoms with Crippen molar-refractivity contribution in [2.24, 2.45) is 0 Å². The highest BCUT2D eigenvalue weighted by Gasteiger charge is 2.32. The van der Waals surface area contributed by atoms with Gasteiger partial charge in [0.25, 0.3) is 5.95 Å². The van der Waals surface area contributed by atoms with Crippen LogP contribution in [0.3, 0.4) is 0 Å². The summed E-state index contributed by atoms with van der Waals surface area (Å²) in [5.41, 5.74) is 1.64. The molecule has 0 aliphatic heterocycles. The lowest BCUT2D eigenvalue weighted by Crippen LogP contribution is -2.17. The Morgan fingerprint density at radius 1 is 1.20 bits per heavy atom. The highest BCUT2D eigenvalue weighted by atomic mass is 35.5. The summed E-state index contributed by atoms with van der Waals surface area (Å²) < 4.78 is 54.8. The van der Waals surface area contributed by atoms with Crippen LogP contribution in [0.2, 0.25) is 5.02 Å². The van der Waals surface area contributed by atoms with Gasteiger partial charge in [-0.2, -0.15) is 15.2 Å². The van der Waals surface area contributed by atoms with Gasteiger partial charge in [0.1, 0.15) is 16.8 Å². The van der Waals surface area contributed by atoms with Crippen LogP contribution in [0.1, 0.15) is 35.8 Å². The van der Waals surface area contributed by atoms with Gasteiger partial charge in [0.2, 0.25) is 5.88 Å². The van der Waals surface area contributed by atoms with E-state index >= 15 is 0 Å². The first-order valence-electron chi connectivity index (χ1n) is 10.2. The van der Waals surface area contributed by atoms with Crippen LogP contribution in [0.25, 0.3) is 17.0 Å². The van der Waals surface area contributed by atoms with Gasteiger partial charge in [-0.3, -0.25) is 4.68 Å². The molecule has 0 radical (unpaired) electrons. The smallest absolute Gasteiger partial charge is 0.479 e. The molecule has 0 aliphatic carbocycles. The molecule has 1 atom stereocenters. The van der Waals surface area contributed by atoms with Gasteiger partial charge in [-0.15, -0.1) is 13.2 Å². The lowest BCUT2D eigenvalue weighted by Gasteiger charge is -2.17. The summed E-state index contributed by atoms with van der Waals surface area (Å²) in [6.45, 7) is 3.69. The van der Waals surface area contributed by atoms with Crippen molar-refractivity contribution in [3.8, 4) is 17.6 Å². The Kier molecular flexibility index (Phi) is 6.52. The number of methoxy groups -OCH3 is 1. The Balaban J connectivity index is 1.69. The largest absolute Gasteiger partial charge is 0.573 e. The predicted octanol–water partition coefficient (Wildman–Crippen LogP) is 4.36. The number of carbonyl (C=O) groups is 1. The molecule has 35 heavy (non-hydrogen) atoms. The Morgan fingerprint density at radius 2 is 1.97 bits per heavy atom. The van der Waals surface area contributed by atoms with E-state index in [0.717, 1.165) is 6.07 Å². The first-order valence-corrected chi connectivity index (χ1v) is 10.6. The van der Waals surface area contributed by atoms with Gasteiger partial charge in [-0.05, 0) is 31.5 Å². The number of ether oxygens (including phenoxy) is 3. The molecule has 184 valence electrons. The third-order valence-electron chi connectivity index (χ3n) is 4.92. The summed E-state index contributed by atoms with van der Waals surface area (Å²) >= 11 is 6.00. The molecular formula is C21H18ClF3N6O4. The number of esters is 1. The molecule has 3 heterocycles. The van der Waals surface area contributed by atoms with Crippen LogP contribution in [0.4, 0.5) is 13.2 Å². The molecule has 4 aromatic rings. The van der Waals surface area contributed by atoms with Gasteiger partial charge in [-0.1, -0.05) is 17.7 Å². The van der Waals surface area contributed by atoms with Crippen molar-refractivity contribution in [2.45, 2.75) is 26.3 Å². The highest BCUT2D eigenvalue weighted by molar-refractivity contribution is 6.32. The molecule has 0 unspecified atom stereocenters. The Morgan fingerprint density at radius 3 is 2.63 bits per heavy atom. The van der Waals surface area contributed by atoms with E-state index in [0.29, 0.717) is 16.6 Å². The van der Waals surface area contributed by atoms with Crippen LogP contribution < -0.4 is 9.47 Å². The Labute approximate surface area is 201 Å². The van der Waals surface area contributed by atoms with Crippen LogP contribution in [-0.4, -0.2) is 55.6 Å². The number of rotatable bonds is 7. The van der Waals surface area contributed by atoms with Crippen molar-refractivity contribution in [2.75, 3.05) is 13.7 Å². The van der Waals surface area contributed by atoms with E-state index in [1.165, 1.54) is 42.5 Å². The average molecular weight is 511 g/mol. The molecule has 0 aliphatic rings. The monoisotopic (exact) mass is 510 g/mol. The fraction of sp³-hybridized carbons (Fsp3) is 0.286. The molecule has 10 nitrogen and oxygen atoms in total. The van der Waals surface area contributed by atoms with Crippen LogP contribution in [0, 0.1) is 0 Å². The minimum absolute atomic E-state index is 0.133. The minimum atomic E-state index is -4.86. The number of hydrogen-bond donors (Lipinski definition) is 0. The first kappa shape index (κ1) is 24.3. The number of nitrogens with zero attached hydrogens (tertiary/aromatic N) is 6. The normalized spacial score (nSPS) is 12.5. The van der Waals surface area contributed by atoms with Gasteiger partial charge >= 0.3 is 12.3 Å². The Hall–Kier alpha value is -3.87. The fourth-order valence-corrected chi connectivity index (χ4v) is 3.56. The minimum Gasteiger partial charge on any atom is -0.479 e. The van der Waals surface area contributed by atoms with Crippen molar-refractivity contribution in [3.05, 3.63) is 52.9 Å². The van der Waals surface area contributed by atoms with Gasteiger partial charge in [0, 0.05) is 6.20 Å². The molecule has 0 saturated carbocycles. The first-order chi connectivity index (χ1) is 16.6. The summed E-state index contributed by atoms with van der Waals surface area (Å²) in [7, 11) is 1.42. The Bertz CT molecular complexity index is 1390. The van der Waals surface area contributed by atoms with Gasteiger partial charge in [0.15, 0.2) is 0 Å². The van der Waals surface area contributed by atoms with Crippen molar-refractivity contribution in [3.63, 3.8) is 0 Å². The van der Waals surface area contributed by atoms with Crippen LogP contribution in [0.15, 0.2) is 36.8 Å². The maximum Gasteiger partial charge on any atom is 0.573 e. The van der Waals surface area contributed by atoms with Crippen LogP contribution in [0.5, 0.6) is 11.6 Å². The highest BCUT2D eigenvalue weighted by Crippen LogP contribution is 2.34. The maximum atomic E-state index is 12.5. The summed E-state index contributed by atoms with van der Waals surface area (Å²) in [4.78, 5) is 20.7. The molecule has 1 aromatic carbocycles. The number of aromatic nitrogens is 6. The topological polar surface area (TPSA) is 106 Å². The van der Waals surface area contributed by atoms with Crippen molar-refractivity contribution in [1.82, 2.24) is 29.5 Å². The molecular weight excluding hydrogens is 493 g/mol. The second-order valence-electron chi connectivity index (χ2n) is 7.16. The van der Waals surface area contributed by atoms with Crippen molar-refractivity contribution >= 4 is 28.6 Å². The summed E-state index contributed by atoms with van der Waals surface area (Å²) in [5, 5.41) is 8.26. The van der Waals surface area contributed by atoms with Crippen molar-refractivity contribution < 1.29 is 32.2 Å². The second-order valence-corrected chi connectivity index (χ2v) is 7.57. The predicted molar refractivity (Wildman–Crippen MR) is 117 cm³/mol. The number of carbonyl (C=O) groups excluding carboxylic acids is 1. The number of fused-ring (bicyclic) bond motifs is 1. The molecule has 14 heteroatoms. The van der Waals surface area contributed by atoms with E-state index in [1.807, 2.05) is 0 Å². The zero-order chi connectivity index (χ0) is 25.3. The standard InChI is InChI=1S/C21H18ClF3N6O4/c1-4-34-19(32)13-8-26-30(10-13)20-28-15-9-27-31(17(15)18(29-20)33-3)11(2)12-5-6-16(14(22)7-12)35-21(23,24)25/h5-11H,4H2,1-3H3/t11-/m0/s1. The van der Waals surface area contributed by atoms with E-state index in [2.05, 4.69) is 24.9 Å². The van der Waals surface area contributed by atoms with Gasteiger partial charge in [-0.25, -0.2) is 14.5 Å². The lowest BCUT2D eigenvalue weighted by molar-refractivity contribution is -0.274. The molecule has 0 fully saturated rings. The molecule has 0 spiro atoms.